The van der Waals surface area contributed by atoms with Crippen molar-refractivity contribution in [2.75, 3.05) is 20.1 Å². The fourth-order valence-electron chi connectivity index (χ4n) is 3.65. The zero-order chi connectivity index (χ0) is 15.2. The molecular formula is C19H32N2. The minimum absolute atomic E-state index is 0.471. The van der Waals surface area contributed by atoms with Gasteiger partial charge < -0.3 is 10.2 Å². The van der Waals surface area contributed by atoms with Gasteiger partial charge in [-0.25, -0.2) is 0 Å². The van der Waals surface area contributed by atoms with E-state index in [1.54, 1.807) is 0 Å². The first kappa shape index (κ1) is 16.5. The van der Waals surface area contributed by atoms with E-state index in [4.69, 9.17) is 0 Å². The molecule has 1 saturated heterocycles. The largest absolute Gasteiger partial charge is 0.313 e. The van der Waals surface area contributed by atoms with E-state index in [1.165, 1.54) is 61.9 Å². The molecule has 0 radical (unpaired) electrons. The van der Waals surface area contributed by atoms with Gasteiger partial charge in [-0.05, 0) is 59.2 Å². The monoisotopic (exact) mass is 288 g/mol. The second-order valence-electron chi connectivity index (χ2n) is 6.79. The first-order valence-electron chi connectivity index (χ1n) is 8.59. The van der Waals surface area contributed by atoms with Gasteiger partial charge in [0.25, 0.3) is 0 Å². The summed E-state index contributed by atoms with van der Waals surface area (Å²) in [6.45, 7) is 9.28. The molecule has 0 spiro atoms. The second-order valence-corrected chi connectivity index (χ2v) is 6.79. The molecule has 0 aliphatic carbocycles. The van der Waals surface area contributed by atoms with Crippen molar-refractivity contribution < 1.29 is 0 Å². The molecule has 2 rings (SSSR count). The molecule has 1 fully saturated rings. The molecule has 0 amide bonds. The molecule has 0 saturated carbocycles. The Kier molecular flexibility index (Phi) is 6.25. The first-order chi connectivity index (χ1) is 10.1. The van der Waals surface area contributed by atoms with Crippen LogP contribution in [0.3, 0.4) is 0 Å². The van der Waals surface area contributed by atoms with Gasteiger partial charge in [0.05, 0.1) is 0 Å². The Morgan fingerprint density at radius 3 is 2.52 bits per heavy atom. The summed E-state index contributed by atoms with van der Waals surface area (Å²) >= 11 is 0. The third kappa shape index (κ3) is 4.82. The van der Waals surface area contributed by atoms with E-state index >= 15 is 0 Å². The normalized spacial score (nSPS) is 22.0. The highest BCUT2D eigenvalue weighted by atomic mass is 15.1. The summed E-state index contributed by atoms with van der Waals surface area (Å²) in [5.74, 6) is 0. The number of nitrogens with one attached hydrogen (secondary N) is 1. The average molecular weight is 288 g/mol. The zero-order valence-corrected chi connectivity index (χ0v) is 14.3. The molecule has 0 aromatic heterocycles. The van der Waals surface area contributed by atoms with Crippen molar-refractivity contribution in [2.24, 2.45) is 0 Å². The van der Waals surface area contributed by atoms with Crippen molar-refractivity contribution in [3.8, 4) is 0 Å². The van der Waals surface area contributed by atoms with Crippen LogP contribution in [-0.2, 0) is 0 Å². The Balaban J connectivity index is 1.98. The molecule has 2 unspecified atom stereocenters. The van der Waals surface area contributed by atoms with E-state index in [-0.39, 0.29) is 0 Å². The van der Waals surface area contributed by atoms with E-state index in [1.807, 2.05) is 0 Å². The number of likely N-dealkylation sites (tertiary alicyclic amines) is 1. The Labute approximate surface area is 130 Å². The SMILES string of the molecule is CNC(CCN1CCCCCC1C)c1cc(C)cc(C)c1. The third-order valence-electron chi connectivity index (χ3n) is 4.89. The number of hydrogen-bond donors (Lipinski definition) is 1. The molecule has 1 aromatic carbocycles. The second kappa shape index (κ2) is 7.95. The average Bonchev–Trinajstić information content (AvgIpc) is 2.63. The molecule has 2 nitrogen and oxygen atoms in total. The van der Waals surface area contributed by atoms with Crippen molar-refractivity contribution in [3.05, 3.63) is 34.9 Å². The van der Waals surface area contributed by atoms with Crippen molar-refractivity contribution >= 4 is 0 Å². The van der Waals surface area contributed by atoms with Gasteiger partial charge in [-0.3, -0.25) is 0 Å². The van der Waals surface area contributed by atoms with Crippen molar-refractivity contribution in [1.29, 1.82) is 0 Å². The van der Waals surface area contributed by atoms with E-state index in [0.717, 1.165) is 6.04 Å². The maximum Gasteiger partial charge on any atom is 0.0329 e. The maximum atomic E-state index is 3.52. The van der Waals surface area contributed by atoms with E-state index in [0.29, 0.717) is 6.04 Å². The summed E-state index contributed by atoms with van der Waals surface area (Å²) in [4.78, 5) is 2.69. The number of hydrogen-bond acceptors (Lipinski definition) is 2. The predicted octanol–water partition coefficient (Wildman–Crippen LogP) is 4.22. The van der Waals surface area contributed by atoms with Crippen LogP contribution in [0.25, 0.3) is 0 Å². The summed E-state index contributed by atoms with van der Waals surface area (Å²) < 4.78 is 0. The molecule has 1 heterocycles. The Morgan fingerprint density at radius 2 is 1.86 bits per heavy atom. The molecule has 118 valence electrons. The lowest BCUT2D eigenvalue weighted by atomic mass is 9.99. The van der Waals surface area contributed by atoms with Gasteiger partial charge in [-0.2, -0.15) is 0 Å². The van der Waals surface area contributed by atoms with E-state index < -0.39 is 0 Å². The van der Waals surface area contributed by atoms with Crippen LogP contribution >= 0.6 is 0 Å². The van der Waals surface area contributed by atoms with E-state index in [2.05, 4.69) is 56.2 Å². The van der Waals surface area contributed by atoms with Crippen molar-refractivity contribution in [2.45, 2.75) is 65.0 Å². The van der Waals surface area contributed by atoms with Crippen LogP contribution in [0.5, 0.6) is 0 Å². The summed E-state index contributed by atoms with van der Waals surface area (Å²) in [6, 6.07) is 8.15. The summed E-state index contributed by atoms with van der Waals surface area (Å²) in [7, 11) is 2.09. The van der Waals surface area contributed by atoms with Gasteiger partial charge >= 0.3 is 0 Å². The van der Waals surface area contributed by atoms with E-state index in [9.17, 15) is 0 Å². The first-order valence-corrected chi connectivity index (χ1v) is 8.59. The fourth-order valence-corrected chi connectivity index (χ4v) is 3.65. The van der Waals surface area contributed by atoms with Crippen LogP contribution in [0.15, 0.2) is 18.2 Å². The Bertz CT molecular complexity index is 421. The van der Waals surface area contributed by atoms with Gasteiger partial charge in [0.15, 0.2) is 0 Å². The number of rotatable bonds is 5. The summed E-state index contributed by atoms with van der Waals surface area (Å²) in [5, 5.41) is 3.52. The van der Waals surface area contributed by atoms with Gasteiger partial charge in [-0.1, -0.05) is 42.2 Å². The van der Waals surface area contributed by atoms with Crippen molar-refractivity contribution in [1.82, 2.24) is 10.2 Å². The lowest BCUT2D eigenvalue weighted by Gasteiger charge is -2.29. The molecular weight excluding hydrogens is 256 g/mol. The third-order valence-corrected chi connectivity index (χ3v) is 4.89. The lowest BCUT2D eigenvalue weighted by Crippen LogP contribution is -2.35. The Hall–Kier alpha value is -0.860. The minimum Gasteiger partial charge on any atom is -0.313 e. The smallest absolute Gasteiger partial charge is 0.0329 e. The Morgan fingerprint density at radius 1 is 1.14 bits per heavy atom. The van der Waals surface area contributed by atoms with Gasteiger partial charge in [0.2, 0.25) is 0 Å². The molecule has 1 aliphatic heterocycles. The van der Waals surface area contributed by atoms with Crippen LogP contribution in [0.2, 0.25) is 0 Å². The zero-order valence-electron chi connectivity index (χ0n) is 14.3. The van der Waals surface area contributed by atoms with Crippen LogP contribution in [0.4, 0.5) is 0 Å². The molecule has 1 aromatic rings. The van der Waals surface area contributed by atoms with Crippen LogP contribution in [0.1, 0.15) is 61.8 Å². The quantitative estimate of drug-likeness (QED) is 0.872. The molecule has 2 heteroatoms. The fraction of sp³-hybridized carbons (Fsp3) is 0.684. The maximum absolute atomic E-state index is 3.52. The molecule has 21 heavy (non-hydrogen) atoms. The molecule has 1 aliphatic rings. The van der Waals surface area contributed by atoms with Gasteiger partial charge in [0.1, 0.15) is 0 Å². The minimum atomic E-state index is 0.471. The highest BCUT2D eigenvalue weighted by Gasteiger charge is 2.18. The summed E-state index contributed by atoms with van der Waals surface area (Å²) in [5.41, 5.74) is 4.18. The summed E-state index contributed by atoms with van der Waals surface area (Å²) in [6.07, 6.45) is 6.76. The number of benzene rings is 1. The number of aryl methyl sites for hydroxylation is 2. The lowest BCUT2D eigenvalue weighted by molar-refractivity contribution is 0.203. The standard InChI is InChI=1S/C19H32N2/c1-15-12-16(2)14-18(13-15)19(20-4)9-11-21-10-7-5-6-8-17(21)3/h12-14,17,19-20H,5-11H2,1-4H3. The molecule has 2 atom stereocenters. The van der Waals surface area contributed by atoms with Crippen LogP contribution in [0, 0.1) is 13.8 Å². The van der Waals surface area contributed by atoms with Crippen LogP contribution < -0.4 is 5.32 Å². The van der Waals surface area contributed by atoms with Crippen molar-refractivity contribution in [3.63, 3.8) is 0 Å². The van der Waals surface area contributed by atoms with Gasteiger partial charge in [-0.15, -0.1) is 0 Å². The highest BCUT2D eigenvalue weighted by Crippen LogP contribution is 2.22. The molecule has 1 N–H and O–H groups in total. The topological polar surface area (TPSA) is 15.3 Å². The predicted molar refractivity (Wildman–Crippen MR) is 91.8 cm³/mol. The van der Waals surface area contributed by atoms with Crippen LogP contribution in [-0.4, -0.2) is 31.1 Å². The number of nitrogens with zero attached hydrogens (tertiary/aromatic N) is 1. The highest BCUT2D eigenvalue weighted by molar-refractivity contribution is 5.30. The molecule has 0 bridgehead atoms. The van der Waals surface area contributed by atoms with Gasteiger partial charge in [0, 0.05) is 18.6 Å².